The molecule has 2 aromatic carbocycles. The summed E-state index contributed by atoms with van der Waals surface area (Å²) in [5.41, 5.74) is 2.84. The maximum absolute atomic E-state index is 5.56. The Morgan fingerprint density at radius 2 is 1.45 bits per heavy atom. The second kappa shape index (κ2) is 14.0. The van der Waals surface area contributed by atoms with Crippen molar-refractivity contribution in [2.75, 3.05) is 39.6 Å². The van der Waals surface area contributed by atoms with Gasteiger partial charge in [-0.25, -0.2) is 0 Å². The molecule has 1 atom stereocenters. The molecule has 0 saturated carbocycles. The van der Waals surface area contributed by atoms with Crippen LogP contribution in [0, 0.1) is 5.67 Å². The average Bonchev–Trinajstić information content (AvgIpc) is 3.50. The third-order valence-electron chi connectivity index (χ3n) is 6.40. The molecule has 2 aliphatic rings. The third kappa shape index (κ3) is 8.51. The summed E-state index contributed by atoms with van der Waals surface area (Å²) in [6, 6.07) is 23.2. The molecule has 2 aromatic rings. The van der Waals surface area contributed by atoms with Crippen LogP contribution in [-0.2, 0) is 9.47 Å². The van der Waals surface area contributed by atoms with Gasteiger partial charge in [-0.15, -0.1) is 8.07 Å². The fourth-order valence-electron chi connectivity index (χ4n) is 5.09. The summed E-state index contributed by atoms with van der Waals surface area (Å²) in [6.07, 6.45) is 6.27. The summed E-state index contributed by atoms with van der Waals surface area (Å²) in [5, 5.41) is 3.09. The predicted octanol–water partition coefficient (Wildman–Crippen LogP) is 1.32. The molecule has 176 valence electrons. The number of rotatable bonds is 8. The summed E-state index contributed by atoms with van der Waals surface area (Å²) in [6.45, 7) is 11.5. The number of hydrogen-bond acceptors (Lipinski definition) is 3. The number of hydrogen-bond donors (Lipinski definition) is 0. The van der Waals surface area contributed by atoms with E-state index in [0.717, 1.165) is 19.8 Å². The average molecular weight is 476 g/mol. The number of methoxy groups -OCH3 is 1. The molecule has 0 radical (unpaired) electrons. The zero-order valence-electron chi connectivity index (χ0n) is 21.6. The first kappa shape index (κ1) is 28.6. The largest absolute Gasteiger partial charge is 1.00 e. The van der Waals surface area contributed by atoms with Gasteiger partial charge < -0.3 is 20.0 Å². The van der Waals surface area contributed by atoms with Crippen molar-refractivity contribution in [1.82, 2.24) is 4.90 Å². The molecule has 0 aliphatic carbocycles. The summed E-state index contributed by atoms with van der Waals surface area (Å²) in [4.78, 5) is 2.73. The topological polar surface area (TPSA) is 21.7 Å². The van der Waals surface area contributed by atoms with E-state index in [4.69, 9.17) is 9.47 Å². The molecule has 3 nitrogen and oxygen atoms in total. The molecule has 0 bridgehead atoms. The first-order chi connectivity index (χ1) is 15.4. The van der Waals surface area contributed by atoms with Gasteiger partial charge in [-0.2, -0.15) is 0 Å². The molecule has 0 N–H and O–H groups in total. The minimum absolute atomic E-state index is 0. The summed E-state index contributed by atoms with van der Waals surface area (Å²) in [5.74, 6) is 0. The first-order valence-corrected chi connectivity index (χ1v) is 18.1. The van der Waals surface area contributed by atoms with Crippen LogP contribution in [0.15, 0.2) is 60.7 Å². The SMILES string of the molecule is C1CCOC1.COC[C@@H]1CCCN1C[Si]([CH-][Si](C)(C)C)(c1ccccc1)c1ccccc1.[Li+]. The molecule has 6 heteroatoms. The summed E-state index contributed by atoms with van der Waals surface area (Å²) >= 11 is 0. The standard InChI is InChI=1S/C23H34NOSi2.C4H8O.Li/c1-25-18-21-12-11-17-24(21)19-27(20-26(2,3)4,22-13-7-5-8-14-22)23-15-9-6-10-16-23;1-2-4-5-3-1;/h5-10,13-16,20-21H,11-12,17-19H2,1-4H3;1-4H2;/q-1;;+1/t21-;;/m0../s1. The van der Waals surface area contributed by atoms with E-state index in [1.165, 1.54) is 38.4 Å². The predicted molar refractivity (Wildman–Crippen MR) is 142 cm³/mol. The van der Waals surface area contributed by atoms with Crippen LogP contribution >= 0.6 is 0 Å². The van der Waals surface area contributed by atoms with Crippen LogP contribution in [-0.4, -0.2) is 66.7 Å². The van der Waals surface area contributed by atoms with Gasteiger partial charge in [-0.3, -0.25) is 0 Å². The van der Waals surface area contributed by atoms with E-state index in [0.29, 0.717) is 6.04 Å². The molecule has 2 fully saturated rings. The summed E-state index contributed by atoms with van der Waals surface area (Å²) < 4.78 is 10.5. The zero-order chi connectivity index (χ0) is 22.9. The smallest absolute Gasteiger partial charge is 0.383 e. The van der Waals surface area contributed by atoms with Crippen LogP contribution in [0.4, 0.5) is 0 Å². The Kier molecular flexibility index (Phi) is 12.2. The molecule has 2 heterocycles. The monoisotopic (exact) mass is 475 g/mol. The molecule has 2 aliphatic heterocycles. The van der Waals surface area contributed by atoms with Gasteiger partial charge in [0.1, 0.15) is 0 Å². The van der Waals surface area contributed by atoms with Crippen LogP contribution in [0.1, 0.15) is 25.7 Å². The second-order valence-electron chi connectivity index (χ2n) is 10.3. The van der Waals surface area contributed by atoms with E-state index in [1.807, 2.05) is 7.11 Å². The van der Waals surface area contributed by atoms with E-state index in [-0.39, 0.29) is 18.9 Å². The molecule has 2 saturated heterocycles. The quantitative estimate of drug-likeness (QED) is 0.425. The van der Waals surface area contributed by atoms with E-state index in [9.17, 15) is 0 Å². The van der Waals surface area contributed by atoms with Crippen molar-refractivity contribution in [2.45, 2.75) is 51.4 Å². The Bertz CT molecular complexity index is 735. The first-order valence-electron chi connectivity index (χ1n) is 12.2. The minimum Gasteiger partial charge on any atom is -0.383 e. The van der Waals surface area contributed by atoms with E-state index < -0.39 is 16.1 Å². The van der Waals surface area contributed by atoms with Crippen molar-refractivity contribution in [1.29, 1.82) is 0 Å². The van der Waals surface area contributed by atoms with E-state index in [2.05, 4.69) is 90.9 Å². The van der Waals surface area contributed by atoms with Crippen molar-refractivity contribution in [3.8, 4) is 0 Å². The Morgan fingerprint density at radius 1 is 0.909 bits per heavy atom. The van der Waals surface area contributed by atoms with Crippen LogP contribution in [0.2, 0.25) is 19.6 Å². The van der Waals surface area contributed by atoms with Crippen molar-refractivity contribution < 1.29 is 28.3 Å². The minimum atomic E-state index is -2.01. The summed E-state index contributed by atoms with van der Waals surface area (Å²) in [7, 11) is -1.57. The fourth-order valence-corrected chi connectivity index (χ4v) is 16.0. The zero-order valence-corrected chi connectivity index (χ0v) is 23.6. The molecule has 0 amide bonds. The van der Waals surface area contributed by atoms with Crippen LogP contribution in [0.3, 0.4) is 0 Å². The normalized spacial score (nSPS) is 19.0. The van der Waals surface area contributed by atoms with Crippen molar-refractivity contribution in [3.63, 3.8) is 0 Å². The Hall–Kier alpha value is -0.649. The van der Waals surface area contributed by atoms with Gasteiger partial charge in [-0.05, 0) is 46.5 Å². The number of nitrogens with zero attached hydrogens (tertiary/aromatic N) is 1. The van der Waals surface area contributed by atoms with Crippen LogP contribution in [0.25, 0.3) is 0 Å². The maximum Gasteiger partial charge on any atom is 1.00 e. The van der Waals surface area contributed by atoms with Crippen LogP contribution < -0.4 is 29.2 Å². The number of benzene rings is 2. The van der Waals surface area contributed by atoms with Gasteiger partial charge in [0, 0.05) is 26.4 Å². The van der Waals surface area contributed by atoms with Crippen molar-refractivity contribution >= 4 is 26.5 Å². The Morgan fingerprint density at radius 3 is 1.88 bits per heavy atom. The third-order valence-corrected chi connectivity index (χ3v) is 15.5. The Labute approximate surface area is 216 Å². The van der Waals surface area contributed by atoms with Gasteiger partial charge in [0.2, 0.25) is 0 Å². The van der Waals surface area contributed by atoms with Gasteiger partial charge in [0.15, 0.2) is 0 Å². The van der Waals surface area contributed by atoms with Gasteiger partial charge in [0.25, 0.3) is 0 Å². The van der Waals surface area contributed by atoms with Gasteiger partial charge >= 0.3 is 18.9 Å². The number of ether oxygens (including phenoxy) is 2. The Balaban J connectivity index is 0.000000568. The molecule has 0 aromatic heterocycles. The van der Waals surface area contributed by atoms with Gasteiger partial charge in [0.05, 0.1) is 6.61 Å². The van der Waals surface area contributed by atoms with Crippen LogP contribution in [0.5, 0.6) is 0 Å². The second-order valence-corrected chi connectivity index (χ2v) is 19.6. The molecule has 4 rings (SSSR count). The number of likely N-dealkylation sites (tertiary alicyclic amines) is 1. The molecular formula is C27H42LiNO2Si2. The maximum atomic E-state index is 5.56. The molecule has 0 spiro atoms. The van der Waals surface area contributed by atoms with Gasteiger partial charge in [-0.1, -0.05) is 90.7 Å². The molecule has 33 heavy (non-hydrogen) atoms. The van der Waals surface area contributed by atoms with Crippen molar-refractivity contribution in [2.24, 2.45) is 0 Å². The molecule has 0 unspecified atom stereocenters. The van der Waals surface area contributed by atoms with Crippen molar-refractivity contribution in [3.05, 3.63) is 66.3 Å². The van der Waals surface area contributed by atoms with E-state index in [1.54, 1.807) is 10.4 Å². The van der Waals surface area contributed by atoms with E-state index >= 15 is 0 Å². The fraction of sp³-hybridized carbons (Fsp3) is 0.519. The molecular weight excluding hydrogens is 433 g/mol.